The average molecular weight is 520 g/mol. The molecule has 192 valence electrons. The molecule has 0 fully saturated rings. The number of fused-ring (bicyclic) bond motifs is 6. The van der Waals surface area contributed by atoms with Gasteiger partial charge in [-0.25, -0.2) is 0 Å². The van der Waals surface area contributed by atoms with Crippen molar-refractivity contribution in [3.8, 4) is 11.5 Å². The maximum Gasteiger partial charge on any atom is 0.233 e. The topological polar surface area (TPSA) is 27.7 Å². The molecule has 5 heteroatoms. The highest BCUT2D eigenvalue weighted by Gasteiger charge is 2.41. The number of hydrogen-bond acceptors (Lipinski definition) is 3. The molecule has 2 aromatic carbocycles. The van der Waals surface area contributed by atoms with Crippen molar-refractivity contribution in [2.75, 3.05) is 11.8 Å². The predicted octanol–water partition coefficient (Wildman–Crippen LogP) is 9.19. The van der Waals surface area contributed by atoms with Gasteiger partial charge < -0.3 is 9.47 Å². The van der Waals surface area contributed by atoms with Gasteiger partial charge in [0.25, 0.3) is 0 Å². The zero-order chi connectivity index (χ0) is 25.1. The maximum absolute atomic E-state index is 6.62. The second kappa shape index (κ2) is 11.8. The van der Waals surface area contributed by atoms with Crippen molar-refractivity contribution in [3.05, 3.63) is 57.6 Å². The minimum absolute atomic E-state index is 0.341. The Bertz CT molecular complexity index is 1020. The molecule has 4 rings (SSSR count). The fourth-order valence-corrected chi connectivity index (χ4v) is 5.57. The Kier molecular flexibility index (Phi) is 8.94. The number of halogens is 2. The van der Waals surface area contributed by atoms with E-state index < -0.39 is 12.6 Å². The molecule has 2 aliphatic rings. The lowest BCUT2D eigenvalue weighted by Gasteiger charge is -2.40. The summed E-state index contributed by atoms with van der Waals surface area (Å²) >= 11 is 11.8. The third-order valence-electron chi connectivity index (χ3n) is 7.13. The monoisotopic (exact) mass is 518 g/mol. The van der Waals surface area contributed by atoms with E-state index in [1.165, 1.54) is 22.3 Å². The van der Waals surface area contributed by atoms with Gasteiger partial charge in [-0.1, -0.05) is 46.8 Å². The third-order valence-corrected chi connectivity index (χ3v) is 7.66. The van der Waals surface area contributed by atoms with Crippen LogP contribution in [0.2, 0.25) is 0 Å². The standard InChI is InChI=1S/C30H40Cl2O3/c1-18(2)23-14-21(10-6-7-11-31)15-25-27(23)33-30-26-17-22(13-20(5)9-8-12-32)16-24(19(3)4)28(26)34-29(25)35-30/h14-20,29-30H,6-13H2,1-5H3. The molecule has 0 amide bonds. The summed E-state index contributed by atoms with van der Waals surface area (Å²) in [4.78, 5) is 0. The van der Waals surface area contributed by atoms with Crippen LogP contribution >= 0.6 is 23.2 Å². The van der Waals surface area contributed by atoms with Gasteiger partial charge in [-0.2, -0.15) is 0 Å². The van der Waals surface area contributed by atoms with Crippen LogP contribution in [0.15, 0.2) is 24.3 Å². The van der Waals surface area contributed by atoms with Crippen LogP contribution in [0.1, 0.15) is 118 Å². The van der Waals surface area contributed by atoms with E-state index in [2.05, 4.69) is 58.9 Å². The van der Waals surface area contributed by atoms with Crippen LogP contribution in [0, 0.1) is 5.92 Å². The number of benzene rings is 2. The molecule has 0 saturated heterocycles. The summed E-state index contributed by atoms with van der Waals surface area (Å²) in [5.41, 5.74) is 7.08. The van der Waals surface area contributed by atoms with Crippen LogP contribution < -0.4 is 9.47 Å². The quantitative estimate of drug-likeness (QED) is 0.219. The molecule has 0 aliphatic carbocycles. The van der Waals surface area contributed by atoms with Gasteiger partial charge in [-0.3, -0.25) is 4.74 Å². The van der Waals surface area contributed by atoms with Crippen LogP contribution in [-0.4, -0.2) is 11.8 Å². The summed E-state index contributed by atoms with van der Waals surface area (Å²) in [5.74, 6) is 4.54. The molecule has 3 nitrogen and oxygen atoms in total. The van der Waals surface area contributed by atoms with E-state index in [1.54, 1.807) is 0 Å². The van der Waals surface area contributed by atoms with Gasteiger partial charge in [-0.15, -0.1) is 23.2 Å². The van der Waals surface area contributed by atoms with Gasteiger partial charge in [-0.05, 0) is 90.7 Å². The molecule has 0 spiro atoms. The van der Waals surface area contributed by atoms with Gasteiger partial charge in [0, 0.05) is 11.8 Å². The highest BCUT2D eigenvalue weighted by Crippen LogP contribution is 2.52. The van der Waals surface area contributed by atoms with Gasteiger partial charge in [0.1, 0.15) is 11.5 Å². The van der Waals surface area contributed by atoms with Crippen molar-refractivity contribution in [2.45, 2.75) is 97.6 Å². The van der Waals surface area contributed by atoms with Crippen LogP contribution in [0.3, 0.4) is 0 Å². The van der Waals surface area contributed by atoms with Gasteiger partial charge in [0.2, 0.25) is 12.6 Å². The first kappa shape index (κ1) is 26.6. The molecule has 0 aromatic heterocycles. The Hall–Kier alpha value is -1.42. The highest BCUT2D eigenvalue weighted by atomic mass is 35.5. The molecule has 0 radical (unpaired) electrons. The Morgan fingerprint density at radius 1 is 0.714 bits per heavy atom. The SMILES string of the molecule is CC(CCCCl)Cc1cc(C(C)C)c2c(c1)C1Oc3c(C(C)C)cc(CCCCCl)cc3C(O2)O1. The molecule has 0 saturated carbocycles. The summed E-state index contributed by atoms with van der Waals surface area (Å²) < 4.78 is 19.6. The lowest BCUT2D eigenvalue weighted by molar-refractivity contribution is -0.228. The number of hydrogen-bond donors (Lipinski definition) is 0. The molecule has 2 bridgehead atoms. The van der Waals surface area contributed by atoms with E-state index in [9.17, 15) is 0 Å². The van der Waals surface area contributed by atoms with Crippen LogP contribution in [0.25, 0.3) is 0 Å². The summed E-state index contributed by atoms with van der Waals surface area (Å²) in [6, 6.07) is 9.07. The Morgan fingerprint density at radius 2 is 1.26 bits per heavy atom. The lowest BCUT2D eigenvalue weighted by Crippen LogP contribution is -2.32. The Balaban J connectivity index is 1.70. The molecule has 3 atom stereocenters. The van der Waals surface area contributed by atoms with Crippen molar-refractivity contribution < 1.29 is 14.2 Å². The smallest absolute Gasteiger partial charge is 0.233 e. The van der Waals surface area contributed by atoms with Crippen molar-refractivity contribution >= 4 is 23.2 Å². The molecular formula is C30H40Cl2O3. The highest BCUT2D eigenvalue weighted by molar-refractivity contribution is 6.18. The van der Waals surface area contributed by atoms with Crippen LogP contribution in [0.4, 0.5) is 0 Å². The summed E-state index contributed by atoms with van der Waals surface area (Å²) in [6.07, 6.45) is 5.37. The molecule has 2 aliphatic heterocycles. The zero-order valence-corrected chi connectivity index (χ0v) is 23.3. The van der Waals surface area contributed by atoms with E-state index in [0.29, 0.717) is 23.6 Å². The van der Waals surface area contributed by atoms with E-state index in [1.807, 2.05) is 0 Å². The van der Waals surface area contributed by atoms with E-state index >= 15 is 0 Å². The first-order valence-electron chi connectivity index (χ1n) is 13.3. The summed E-state index contributed by atoms with van der Waals surface area (Å²) in [7, 11) is 0. The largest absolute Gasteiger partial charge is 0.459 e. The van der Waals surface area contributed by atoms with Gasteiger partial charge >= 0.3 is 0 Å². The minimum Gasteiger partial charge on any atom is -0.459 e. The van der Waals surface area contributed by atoms with Gasteiger partial charge in [0.15, 0.2) is 0 Å². The predicted molar refractivity (Wildman–Crippen MR) is 145 cm³/mol. The average Bonchev–Trinajstić information content (AvgIpc) is 2.82. The second-order valence-corrected chi connectivity index (χ2v) is 11.6. The van der Waals surface area contributed by atoms with Gasteiger partial charge in [0.05, 0.1) is 11.1 Å². The molecule has 2 aromatic rings. The first-order chi connectivity index (χ1) is 16.8. The maximum atomic E-state index is 6.62. The minimum atomic E-state index is -0.452. The number of ether oxygens (including phenoxy) is 3. The second-order valence-electron chi connectivity index (χ2n) is 10.8. The number of alkyl halides is 2. The molecule has 2 heterocycles. The Morgan fingerprint density at radius 3 is 1.80 bits per heavy atom. The van der Waals surface area contributed by atoms with E-state index in [4.69, 9.17) is 37.4 Å². The van der Waals surface area contributed by atoms with Crippen molar-refractivity contribution in [1.29, 1.82) is 0 Å². The zero-order valence-electron chi connectivity index (χ0n) is 21.8. The fraction of sp³-hybridized carbons (Fsp3) is 0.600. The Labute approximate surface area is 221 Å². The van der Waals surface area contributed by atoms with Crippen molar-refractivity contribution in [2.24, 2.45) is 5.92 Å². The van der Waals surface area contributed by atoms with Crippen molar-refractivity contribution in [1.82, 2.24) is 0 Å². The van der Waals surface area contributed by atoms with E-state index in [-0.39, 0.29) is 0 Å². The molecular weight excluding hydrogens is 479 g/mol. The fourth-order valence-electron chi connectivity index (χ4n) is 5.23. The number of unbranched alkanes of at least 4 members (excludes halogenated alkanes) is 1. The number of rotatable bonds is 11. The summed E-state index contributed by atoms with van der Waals surface area (Å²) in [5, 5.41) is 0. The molecule has 35 heavy (non-hydrogen) atoms. The normalized spacial score (nSPS) is 19.2. The van der Waals surface area contributed by atoms with E-state index in [0.717, 1.165) is 67.0 Å². The third kappa shape index (κ3) is 5.95. The van der Waals surface area contributed by atoms with Crippen LogP contribution in [-0.2, 0) is 17.6 Å². The molecule has 3 unspecified atom stereocenters. The first-order valence-corrected chi connectivity index (χ1v) is 14.3. The molecule has 0 N–H and O–H groups in total. The van der Waals surface area contributed by atoms with Crippen LogP contribution in [0.5, 0.6) is 11.5 Å². The lowest BCUT2D eigenvalue weighted by atomic mass is 9.89. The summed E-state index contributed by atoms with van der Waals surface area (Å²) in [6.45, 7) is 11.2. The number of aryl methyl sites for hydroxylation is 1. The van der Waals surface area contributed by atoms with Crippen molar-refractivity contribution in [3.63, 3.8) is 0 Å².